The van der Waals surface area contributed by atoms with Crippen molar-refractivity contribution in [1.82, 2.24) is 29.4 Å². The van der Waals surface area contributed by atoms with Crippen molar-refractivity contribution >= 4 is 28.3 Å². The van der Waals surface area contributed by atoms with Crippen molar-refractivity contribution in [2.24, 2.45) is 7.05 Å². The van der Waals surface area contributed by atoms with Crippen LogP contribution in [0.1, 0.15) is 5.82 Å². The summed E-state index contributed by atoms with van der Waals surface area (Å²) in [5.41, 5.74) is 3.87. The molecule has 13 heteroatoms. The molecule has 0 saturated carbocycles. The van der Waals surface area contributed by atoms with E-state index in [-0.39, 0.29) is 6.10 Å². The number of carboxylic acids is 1. The van der Waals surface area contributed by atoms with Crippen LogP contribution in [0.3, 0.4) is 0 Å². The zero-order chi connectivity index (χ0) is 26.2. The van der Waals surface area contributed by atoms with Crippen molar-refractivity contribution in [3.05, 3.63) is 66.7 Å². The number of hydrogen-bond donors (Lipinski definition) is 2. The molecule has 4 aromatic heterocycles. The highest BCUT2D eigenvalue weighted by atomic mass is 19.4. The number of pyridine rings is 1. The molecule has 10 nitrogen and oxygen atoms in total. The first-order valence-electron chi connectivity index (χ1n) is 11.1. The third-order valence-electron chi connectivity index (χ3n) is 5.71. The lowest BCUT2D eigenvalue weighted by molar-refractivity contribution is -0.192. The zero-order valence-electron chi connectivity index (χ0n) is 19.3. The lowest BCUT2D eigenvalue weighted by atomic mass is 10.1. The number of halogens is 3. The lowest BCUT2D eigenvalue weighted by Gasteiger charge is -2.25. The third-order valence-corrected chi connectivity index (χ3v) is 5.71. The highest BCUT2D eigenvalue weighted by Gasteiger charge is 2.38. The van der Waals surface area contributed by atoms with E-state index in [4.69, 9.17) is 19.7 Å². The van der Waals surface area contributed by atoms with E-state index in [9.17, 15) is 13.2 Å². The summed E-state index contributed by atoms with van der Waals surface area (Å²) in [4.78, 5) is 13.2. The molecule has 1 unspecified atom stereocenters. The van der Waals surface area contributed by atoms with Crippen LogP contribution in [0.2, 0.25) is 0 Å². The number of aliphatic carboxylic acids is 1. The standard InChI is InChI=1S/C22H19N7O.C2HF3O2/c1-28-13-16(15-5-2-3-6-18(15)28)17-8-9-20-25-26-21(29(20)27-17)11-14-12-24-22-19(30-14)7-4-10-23-22;3-2(4,5)1(6)7/h2-10,13-14H,11-12H2,1H3,(H,23,24);(H,6,7). The summed E-state index contributed by atoms with van der Waals surface area (Å²) in [7, 11) is 2.05. The van der Waals surface area contributed by atoms with Gasteiger partial charge in [-0.1, -0.05) is 18.2 Å². The predicted molar refractivity (Wildman–Crippen MR) is 127 cm³/mol. The Labute approximate surface area is 207 Å². The number of benzene rings is 1. The van der Waals surface area contributed by atoms with E-state index in [0.717, 1.165) is 34.3 Å². The molecule has 0 saturated heterocycles. The number of aryl methyl sites for hydroxylation is 1. The van der Waals surface area contributed by atoms with Crippen LogP contribution in [-0.2, 0) is 18.3 Å². The summed E-state index contributed by atoms with van der Waals surface area (Å²) >= 11 is 0. The number of alkyl halides is 3. The zero-order valence-corrected chi connectivity index (χ0v) is 19.3. The van der Waals surface area contributed by atoms with E-state index in [0.29, 0.717) is 13.0 Å². The second kappa shape index (κ2) is 9.41. The monoisotopic (exact) mass is 511 g/mol. The van der Waals surface area contributed by atoms with E-state index in [2.05, 4.69) is 56.5 Å². The fourth-order valence-electron chi connectivity index (χ4n) is 4.02. The fourth-order valence-corrected chi connectivity index (χ4v) is 4.02. The molecule has 1 aromatic carbocycles. The van der Waals surface area contributed by atoms with Gasteiger partial charge in [0.1, 0.15) is 6.10 Å². The minimum absolute atomic E-state index is 0.0721. The molecule has 0 amide bonds. The minimum atomic E-state index is -5.08. The smallest absolute Gasteiger partial charge is 0.484 e. The molecule has 0 bridgehead atoms. The summed E-state index contributed by atoms with van der Waals surface area (Å²) < 4.78 is 41.8. The van der Waals surface area contributed by atoms with Gasteiger partial charge in [-0.25, -0.2) is 9.78 Å². The Balaban J connectivity index is 0.000000355. The summed E-state index contributed by atoms with van der Waals surface area (Å²) in [6.45, 7) is 0.655. The number of para-hydroxylation sites is 1. The summed E-state index contributed by atoms with van der Waals surface area (Å²) in [5, 5.41) is 25.1. The average molecular weight is 511 g/mol. The van der Waals surface area contributed by atoms with Gasteiger partial charge in [0.15, 0.2) is 23.0 Å². The van der Waals surface area contributed by atoms with Crippen molar-refractivity contribution in [3.8, 4) is 17.0 Å². The molecule has 0 radical (unpaired) electrons. The number of nitrogens with zero attached hydrogens (tertiary/aromatic N) is 6. The number of rotatable bonds is 3. The molecule has 190 valence electrons. The van der Waals surface area contributed by atoms with E-state index in [1.54, 1.807) is 6.20 Å². The molecule has 5 heterocycles. The van der Waals surface area contributed by atoms with E-state index >= 15 is 0 Å². The fraction of sp³-hybridized carbons (Fsp3) is 0.208. The van der Waals surface area contributed by atoms with Gasteiger partial charge in [-0.15, -0.1) is 10.2 Å². The van der Waals surface area contributed by atoms with Gasteiger partial charge in [0.05, 0.1) is 12.2 Å². The highest BCUT2D eigenvalue weighted by Crippen LogP contribution is 2.29. The Morgan fingerprint density at radius 1 is 1.16 bits per heavy atom. The Morgan fingerprint density at radius 2 is 1.95 bits per heavy atom. The van der Waals surface area contributed by atoms with Crippen LogP contribution in [0.5, 0.6) is 5.75 Å². The van der Waals surface area contributed by atoms with Gasteiger partial charge in [-0.05, 0) is 30.3 Å². The second-order valence-corrected chi connectivity index (χ2v) is 8.25. The number of carbonyl (C=O) groups is 1. The largest absolute Gasteiger partial charge is 0.490 e. The minimum Gasteiger partial charge on any atom is -0.484 e. The Hall–Kier alpha value is -4.68. The van der Waals surface area contributed by atoms with Crippen molar-refractivity contribution in [3.63, 3.8) is 0 Å². The number of nitrogens with one attached hydrogen (secondary N) is 1. The maximum atomic E-state index is 10.6. The van der Waals surface area contributed by atoms with Gasteiger partial charge in [0, 0.05) is 42.3 Å². The molecule has 6 rings (SSSR count). The number of ether oxygens (including phenoxy) is 1. The molecule has 1 aliphatic heterocycles. The van der Waals surface area contributed by atoms with Crippen LogP contribution in [0.4, 0.5) is 19.0 Å². The molecule has 1 atom stereocenters. The van der Waals surface area contributed by atoms with Crippen molar-refractivity contribution in [1.29, 1.82) is 0 Å². The van der Waals surface area contributed by atoms with Gasteiger partial charge >= 0.3 is 12.1 Å². The molecule has 2 N–H and O–H groups in total. The maximum Gasteiger partial charge on any atom is 0.490 e. The first kappa shape index (κ1) is 24.0. The summed E-state index contributed by atoms with van der Waals surface area (Å²) in [6.07, 6.45) is -0.701. The van der Waals surface area contributed by atoms with E-state index in [1.807, 2.05) is 34.8 Å². The molecule has 0 spiro atoms. The van der Waals surface area contributed by atoms with Gasteiger partial charge in [-0.2, -0.15) is 22.8 Å². The molecular formula is C24H20F3N7O3. The number of aromatic nitrogens is 6. The van der Waals surface area contributed by atoms with Gasteiger partial charge in [-0.3, -0.25) is 0 Å². The topological polar surface area (TPSA) is 119 Å². The first-order valence-corrected chi connectivity index (χ1v) is 11.1. The van der Waals surface area contributed by atoms with Crippen molar-refractivity contribution < 1.29 is 27.8 Å². The van der Waals surface area contributed by atoms with Crippen LogP contribution in [0.15, 0.2) is 60.9 Å². The highest BCUT2D eigenvalue weighted by molar-refractivity contribution is 5.95. The normalized spacial score (nSPS) is 14.9. The molecule has 37 heavy (non-hydrogen) atoms. The second-order valence-electron chi connectivity index (χ2n) is 8.25. The summed E-state index contributed by atoms with van der Waals surface area (Å²) in [6, 6.07) is 16.1. The molecule has 0 fully saturated rings. The van der Waals surface area contributed by atoms with Crippen molar-refractivity contribution in [2.75, 3.05) is 11.9 Å². The number of anilines is 1. The number of carboxylic acid groups (broad SMARTS) is 1. The summed E-state index contributed by atoms with van der Waals surface area (Å²) in [5.74, 6) is -0.457. The van der Waals surface area contributed by atoms with Gasteiger partial charge in [0.2, 0.25) is 0 Å². The number of fused-ring (bicyclic) bond motifs is 3. The van der Waals surface area contributed by atoms with Crippen LogP contribution >= 0.6 is 0 Å². The molecular weight excluding hydrogens is 491 g/mol. The van der Waals surface area contributed by atoms with E-state index in [1.165, 1.54) is 10.9 Å². The Morgan fingerprint density at radius 3 is 2.73 bits per heavy atom. The molecule has 0 aliphatic carbocycles. The maximum absolute atomic E-state index is 10.6. The van der Waals surface area contributed by atoms with Crippen LogP contribution in [0, 0.1) is 0 Å². The number of hydrogen-bond acceptors (Lipinski definition) is 7. The lowest BCUT2D eigenvalue weighted by Crippen LogP contribution is -2.33. The quantitative estimate of drug-likeness (QED) is 0.376. The Bertz CT molecular complexity index is 1600. The van der Waals surface area contributed by atoms with E-state index < -0.39 is 12.1 Å². The third kappa shape index (κ3) is 4.87. The van der Waals surface area contributed by atoms with Gasteiger partial charge in [0.25, 0.3) is 0 Å². The molecule has 5 aromatic rings. The van der Waals surface area contributed by atoms with Crippen LogP contribution < -0.4 is 10.1 Å². The predicted octanol–water partition coefficient (Wildman–Crippen LogP) is 3.73. The average Bonchev–Trinajstić information content (AvgIpc) is 3.44. The first-order chi connectivity index (χ1) is 17.7. The SMILES string of the molecule is Cn1cc(-c2ccc3nnc(CC4CNc5ncccc5O4)n3n2)c2ccccc21.O=C(O)C(F)(F)F. The van der Waals surface area contributed by atoms with Gasteiger partial charge < -0.3 is 19.7 Å². The van der Waals surface area contributed by atoms with Crippen LogP contribution in [0.25, 0.3) is 27.8 Å². The molecule has 1 aliphatic rings. The Kier molecular flexibility index (Phi) is 6.11. The van der Waals surface area contributed by atoms with Crippen molar-refractivity contribution in [2.45, 2.75) is 18.7 Å². The van der Waals surface area contributed by atoms with Crippen LogP contribution in [-0.4, -0.2) is 59.3 Å².